The molecule has 134 valence electrons. The van der Waals surface area contributed by atoms with Crippen LogP contribution in [0.1, 0.15) is 31.2 Å². The molecular formula is C21H25N5. The number of likely N-dealkylation sites (tertiary alicyclic amines) is 1. The number of hydrogen-bond donors (Lipinski definition) is 0. The third kappa shape index (κ3) is 4.17. The highest BCUT2D eigenvalue weighted by atomic mass is 15.4. The molecule has 4 rings (SSSR count). The standard InChI is InChI=1S/C21H25N5/c1-2-8-19(9-3-1)21-17-26(24-23-21)14-11-20-10-4-5-13-25(20)16-18-7-6-12-22-15-18/h1-3,6-9,12,15,17,20H,4-5,10-11,13-14,16H2. The van der Waals surface area contributed by atoms with Crippen LogP contribution in [-0.4, -0.2) is 37.5 Å². The minimum Gasteiger partial charge on any atom is -0.296 e. The molecule has 5 heteroatoms. The van der Waals surface area contributed by atoms with Gasteiger partial charge in [-0.15, -0.1) is 5.10 Å². The average Bonchev–Trinajstić information content (AvgIpc) is 3.18. The third-order valence-corrected chi connectivity index (χ3v) is 5.16. The predicted molar refractivity (Wildman–Crippen MR) is 102 cm³/mol. The van der Waals surface area contributed by atoms with E-state index in [1.54, 1.807) is 0 Å². The van der Waals surface area contributed by atoms with Crippen LogP contribution >= 0.6 is 0 Å². The van der Waals surface area contributed by atoms with Crippen molar-refractivity contribution in [1.82, 2.24) is 24.9 Å². The van der Waals surface area contributed by atoms with Gasteiger partial charge in [-0.3, -0.25) is 14.6 Å². The molecular weight excluding hydrogens is 322 g/mol. The van der Waals surface area contributed by atoms with Crippen molar-refractivity contribution in [3.05, 3.63) is 66.6 Å². The molecule has 1 atom stereocenters. The monoisotopic (exact) mass is 347 g/mol. The number of pyridine rings is 1. The lowest BCUT2D eigenvalue weighted by molar-refractivity contribution is 0.127. The quantitative estimate of drug-likeness (QED) is 0.681. The Morgan fingerprint density at radius 2 is 1.96 bits per heavy atom. The second-order valence-corrected chi connectivity index (χ2v) is 7.00. The fraction of sp³-hybridized carbons (Fsp3) is 0.381. The maximum atomic E-state index is 4.33. The number of piperidine rings is 1. The maximum absolute atomic E-state index is 4.33. The molecule has 1 fully saturated rings. The molecule has 26 heavy (non-hydrogen) atoms. The second-order valence-electron chi connectivity index (χ2n) is 7.00. The summed E-state index contributed by atoms with van der Waals surface area (Å²) in [4.78, 5) is 6.86. The Balaban J connectivity index is 1.37. The average molecular weight is 347 g/mol. The highest BCUT2D eigenvalue weighted by Crippen LogP contribution is 2.22. The van der Waals surface area contributed by atoms with Gasteiger partial charge in [0.05, 0.1) is 6.20 Å². The van der Waals surface area contributed by atoms with Crippen molar-refractivity contribution in [2.45, 2.75) is 44.8 Å². The molecule has 0 bridgehead atoms. The Kier molecular flexibility index (Phi) is 5.36. The Bertz CT molecular complexity index is 800. The molecule has 1 unspecified atom stereocenters. The van der Waals surface area contributed by atoms with E-state index in [0.717, 1.165) is 30.8 Å². The van der Waals surface area contributed by atoms with Gasteiger partial charge in [-0.1, -0.05) is 48.0 Å². The summed E-state index contributed by atoms with van der Waals surface area (Å²) in [5.41, 5.74) is 3.36. The molecule has 3 heterocycles. The largest absolute Gasteiger partial charge is 0.296 e. The van der Waals surface area contributed by atoms with E-state index in [2.05, 4.69) is 44.6 Å². The van der Waals surface area contributed by atoms with Crippen molar-refractivity contribution in [3.8, 4) is 11.3 Å². The van der Waals surface area contributed by atoms with Gasteiger partial charge in [0.25, 0.3) is 0 Å². The molecule has 3 aromatic rings. The van der Waals surface area contributed by atoms with Gasteiger partial charge in [-0.25, -0.2) is 0 Å². The van der Waals surface area contributed by atoms with Crippen LogP contribution in [0.5, 0.6) is 0 Å². The zero-order valence-corrected chi connectivity index (χ0v) is 15.0. The fourth-order valence-electron chi connectivity index (χ4n) is 3.75. The fourth-order valence-corrected chi connectivity index (χ4v) is 3.75. The van der Waals surface area contributed by atoms with E-state index in [4.69, 9.17) is 0 Å². The number of aromatic nitrogens is 4. The summed E-state index contributed by atoms with van der Waals surface area (Å²) in [7, 11) is 0. The van der Waals surface area contributed by atoms with Crippen LogP contribution in [0.3, 0.4) is 0 Å². The summed E-state index contributed by atoms with van der Waals surface area (Å²) < 4.78 is 1.99. The first-order chi connectivity index (χ1) is 12.9. The number of aryl methyl sites for hydroxylation is 1. The van der Waals surface area contributed by atoms with Crippen LogP contribution in [0.4, 0.5) is 0 Å². The lowest BCUT2D eigenvalue weighted by atomic mass is 9.98. The topological polar surface area (TPSA) is 46.8 Å². The van der Waals surface area contributed by atoms with Gasteiger partial charge in [0.15, 0.2) is 0 Å². The van der Waals surface area contributed by atoms with Crippen molar-refractivity contribution < 1.29 is 0 Å². The second kappa shape index (κ2) is 8.23. The lowest BCUT2D eigenvalue weighted by Crippen LogP contribution is -2.39. The first kappa shape index (κ1) is 16.9. The molecule has 0 saturated carbocycles. The minimum absolute atomic E-state index is 0.605. The van der Waals surface area contributed by atoms with Crippen LogP contribution in [0, 0.1) is 0 Å². The highest BCUT2D eigenvalue weighted by molar-refractivity contribution is 5.57. The van der Waals surface area contributed by atoms with E-state index < -0.39 is 0 Å². The van der Waals surface area contributed by atoms with Crippen LogP contribution in [0.15, 0.2) is 61.1 Å². The van der Waals surface area contributed by atoms with Crippen LogP contribution in [-0.2, 0) is 13.1 Å². The van der Waals surface area contributed by atoms with Crippen molar-refractivity contribution in [2.24, 2.45) is 0 Å². The van der Waals surface area contributed by atoms with Gasteiger partial charge < -0.3 is 0 Å². The van der Waals surface area contributed by atoms with Crippen molar-refractivity contribution in [1.29, 1.82) is 0 Å². The van der Waals surface area contributed by atoms with E-state index in [9.17, 15) is 0 Å². The first-order valence-electron chi connectivity index (χ1n) is 9.47. The number of benzene rings is 1. The summed E-state index contributed by atoms with van der Waals surface area (Å²) in [6.07, 6.45) is 10.9. The smallest absolute Gasteiger partial charge is 0.113 e. The Morgan fingerprint density at radius 3 is 2.81 bits per heavy atom. The van der Waals surface area contributed by atoms with Gasteiger partial charge in [0, 0.05) is 37.1 Å². The van der Waals surface area contributed by atoms with Gasteiger partial charge in [-0.2, -0.15) is 0 Å². The van der Waals surface area contributed by atoms with Crippen LogP contribution in [0.2, 0.25) is 0 Å². The molecule has 5 nitrogen and oxygen atoms in total. The van der Waals surface area contributed by atoms with E-state index in [-0.39, 0.29) is 0 Å². The molecule has 0 N–H and O–H groups in total. The normalized spacial score (nSPS) is 18.1. The number of hydrogen-bond acceptors (Lipinski definition) is 4. The SMILES string of the molecule is c1ccc(-c2cn(CCC3CCCCN3Cc3cccnc3)nn2)cc1. The van der Waals surface area contributed by atoms with E-state index in [1.807, 2.05) is 41.3 Å². The van der Waals surface area contributed by atoms with Gasteiger partial charge in [0.2, 0.25) is 0 Å². The zero-order valence-electron chi connectivity index (χ0n) is 15.0. The third-order valence-electron chi connectivity index (χ3n) is 5.16. The first-order valence-corrected chi connectivity index (χ1v) is 9.47. The molecule has 0 radical (unpaired) electrons. The molecule has 0 aliphatic carbocycles. The summed E-state index contributed by atoms with van der Waals surface area (Å²) >= 11 is 0. The Morgan fingerprint density at radius 1 is 1.04 bits per heavy atom. The van der Waals surface area contributed by atoms with E-state index in [1.165, 1.54) is 31.4 Å². The van der Waals surface area contributed by atoms with E-state index in [0.29, 0.717) is 6.04 Å². The molecule has 1 aromatic carbocycles. The van der Waals surface area contributed by atoms with Crippen LogP contribution < -0.4 is 0 Å². The molecule has 0 spiro atoms. The van der Waals surface area contributed by atoms with Crippen molar-refractivity contribution >= 4 is 0 Å². The zero-order chi connectivity index (χ0) is 17.6. The summed E-state index contributed by atoms with van der Waals surface area (Å²) in [6.45, 7) is 3.07. The summed E-state index contributed by atoms with van der Waals surface area (Å²) in [5, 5.41) is 8.65. The molecule has 0 amide bonds. The lowest BCUT2D eigenvalue weighted by Gasteiger charge is -2.35. The summed E-state index contributed by atoms with van der Waals surface area (Å²) in [5.74, 6) is 0. The summed E-state index contributed by atoms with van der Waals surface area (Å²) in [6, 6.07) is 15.0. The van der Waals surface area contributed by atoms with Crippen LogP contribution in [0.25, 0.3) is 11.3 Å². The molecule has 2 aromatic heterocycles. The molecule has 1 aliphatic heterocycles. The van der Waals surface area contributed by atoms with Crippen molar-refractivity contribution in [3.63, 3.8) is 0 Å². The number of rotatable bonds is 6. The maximum Gasteiger partial charge on any atom is 0.113 e. The predicted octanol–water partition coefficient (Wildman–Crippen LogP) is 3.78. The van der Waals surface area contributed by atoms with Gasteiger partial charge >= 0.3 is 0 Å². The Hall–Kier alpha value is -2.53. The van der Waals surface area contributed by atoms with E-state index >= 15 is 0 Å². The molecule has 1 saturated heterocycles. The highest BCUT2D eigenvalue weighted by Gasteiger charge is 2.22. The molecule has 1 aliphatic rings. The van der Waals surface area contributed by atoms with Crippen molar-refractivity contribution in [2.75, 3.05) is 6.54 Å². The Labute approximate surface area is 154 Å². The van der Waals surface area contributed by atoms with Gasteiger partial charge in [0.1, 0.15) is 5.69 Å². The number of nitrogens with zero attached hydrogens (tertiary/aromatic N) is 5. The van der Waals surface area contributed by atoms with Gasteiger partial charge in [-0.05, 0) is 37.4 Å². The minimum atomic E-state index is 0.605.